The van der Waals surface area contributed by atoms with E-state index in [0.29, 0.717) is 0 Å². The summed E-state index contributed by atoms with van der Waals surface area (Å²) >= 11 is 6.99. The van der Waals surface area contributed by atoms with Crippen LogP contribution < -0.4 is 0 Å². The summed E-state index contributed by atoms with van der Waals surface area (Å²) in [7, 11) is 0. The first-order valence-electron chi connectivity index (χ1n) is 5.91. The first kappa shape index (κ1) is 12.9. The molecule has 0 fully saturated rings. The minimum Gasteiger partial charge on any atom is -0.330 e. The molecule has 1 heterocycles. The van der Waals surface area contributed by atoms with E-state index < -0.39 is 0 Å². The Morgan fingerprint density at radius 1 is 1.20 bits per heavy atom. The third kappa shape index (κ3) is 4.94. The maximum atomic E-state index is 5.27. The molecule has 0 radical (unpaired) electrons. The molecule has 0 amide bonds. The van der Waals surface area contributed by atoms with Gasteiger partial charge in [0, 0.05) is 17.6 Å². The van der Waals surface area contributed by atoms with Gasteiger partial charge in [-0.3, -0.25) is 0 Å². The Morgan fingerprint density at radius 3 is 2.47 bits per heavy atom. The Morgan fingerprint density at radius 2 is 1.87 bits per heavy atom. The molecule has 86 valence electrons. The lowest BCUT2D eigenvalue weighted by atomic mass is 10.1. The SMILES string of the molecule is CCCCCCCCn1cc(C)sc1=S. The standard InChI is InChI=1S/C12H21NS2/c1-3-4-5-6-7-8-9-13-10-11(2)15-12(13)14/h10H,3-9H2,1-2H3. The molecule has 1 aromatic rings. The molecule has 3 heteroatoms. The van der Waals surface area contributed by atoms with E-state index >= 15 is 0 Å². The van der Waals surface area contributed by atoms with E-state index in [0.717, 1.165) is 10.5 Å². The Bertz CT molecular complexity index is 325. The fourth-order valence-corrected chi connectivity index (χ4v) is 2.97. The molecule has 0 aliphatic rings. The fraction of sp³-hybridized carbons (Fsp3) is 0.750. The van der Waals surface area contributed by atoms with Gasteiger partial charge in [-0.2, -0.15) is 0 Å². The van der Waals surface area contributed by atoms with E-state index in [1.165, 1.54) is 43.4 Å². The molecule has 0 aliphatic heterocycles. The van der Waals surface area contributed by atoms with E-state index in [1.807, 2.05) is 0 Å². The number of nitrogens with zero attached hydrogens (tertiary/aromatic N) is 1. The average Bonchev–Trinajstić information content (AvgIpc) is 2.51. The van der Waals surface area contributed by atoms with Gasteiger partial charge in [-0.1, -0.05) is 39.0 Å². The fourth-order valence-electron chi connectivity index (χ4n) is 1.71. The number of hydrogen-bond acceptors (Lipinski definition) is 2. The second kappa shape index (κ2) is 7.18. The van der Waals surface area contributed by atoms with Crippen LogP contribution in [0.2, 0.25) is 0 Å². The largest absolute Gasteiger partial charge is 0.330 e. The Balaban J connectivity index is 2.15. The topological polar surface area (TPSA) is 4.93 Å². The Kier molecular flexibility index (Phi) is 6.18. The quantitative estimate of drug-likeness (QED) is 0.484. The van der Waals surface area contributed by atoms with Crippen LogP contribution in [-0.4, -0.2) is 4.57 Å². The number of thiazole rings is 1. The Labute approximate surface area is 102 Å². The van der Waals surface area contributed by atoms with Crippen LogP contribution in [0.1, 0.15) is 50.3 Å². The molecule has 0 saturated heterocycles. The van der Waals surface area contributed by atoms with Crippen molar-refractivity contribution in [2.45, 2.75) is 58.9 Å². The van der Waals surface area contributed by atoms with Gasteiger partial charge in [0.1, 0.15) is 0 Å². The van der Waals surface area contributed by atoms with Crippen LogP contribution in [0.5, 0.6) is 0 Å². The van der Waals surface area contributed by atoms with Crippen LogP contribution >= 0.6 is 23.6 Å². The third-order valence-corrected chi connectivity index (χ3v) is 3.89. The van der Waals surface area contributed by atoms with Gasteiger partial charge in [0.15, 0.2) is 3.95 Å². The molecule has 0 aromatic carbocycles. The highest BCUT2D eigenvalue weighted by molar-refractivity contribution is 7.73. The van der Waals surface area contributed by atoms with Crippen LogP contribution in [0.4, 0.5) is 0 Å². The molecule has 0 bridgehead atoms. The van der Waals surface area contributed by atoms with E-state index in [1.54, 1.807) is 11.3 Å². The molecule has 0 spiro atoms. The van der Waals surface area contributed by atoms with E-state index in [2.05, 4.69) is 24.6 Å². The summed E-state index contributed by atoms with van der Waals surface area (Å²) in [5, 5.41) is 0. The van der Waals surface area contributed by atoms with Crippen LogP contribution in [0, 0.1) is 10.9 Å². The smallest absolute Gasteiger partial charge is 0.161 e. The number of unbranched alkanes of at least 4 members (excludes halogenated alkanes) is 5. The molecule has 0 aliphatic carbocycles. The summed E-state index contributed by atoms with van der Waals surface area (Å²) in [6.45, 7) is 5.49. The zero-order chi connectivity index (χ0) is 11.1. The molecular formula is C12H21NS2. The average molecular weight is 243 g/mol. The van der Waals surface area contributed by atoms with Crippen LogP contribution in [0.15, 0.2) is 6.20 Å². The van der Waals surface area contributed by atoms with E-state index in [4.69, 9.17) is 12.2 Å². The van der Waals surface area contributed by atoms with Crippen molar-refractivity contribution >= 4 is 23.6 Å². The van der Waals surface area contributed by atoms with Crippen molar-refractivity contribution in [2.24, 2.45) is 0 Å². The van der Waals surface area contributed by atoms with Gasteiger partial charge in [-0.05, 0) is 25.6 Å². The first-order valence-corrected chi connectivity index (χ1v) is 7.13. The van der Waals surface area contributed by atoms with Gasteiger partial charge < -0.3 is 4.57 Å². The lowest BCUT2D eigenvalue weighted by Crippen LogP contribution is -1.95. The summed E-state index contributed by atoms with van der Waals surface area (Å²) in [5.41, 5.74) is 0. The van der Waals surface area contributed by atoms with Crippen molar-refractivity contribution in [2.75, 3.05) is 0 Å². The van der Waals surface area contributed by atoms with E-state index in [-0.39, 0.29) is 0 Å². The van der Waals surface area contributed by atoms with E-state index in [9.17, 15) is 0 Å². The molecule has 0 saturated carbocycles. The molecule has 1 nitrogen and oxygen atoms in total. The Hall–Kier alpha value is -0.150. The summed E-state index contributed by atoms with van der Waals surface area (Å²) in [4.78, 5) is 1.32. The van der Waals surface area contributed by atoms with Gasteiger partial charge in [0.05, 0.1) is 0 Å². The highest BCUT2D eigenvalue weighted by atomic mass is 32.1. The minimum atomic E-state index is 1.03. The number of aromatic nitrogens is 1. The predicted molar refractivity (Wildman–Crippen MR) is 71.3 cm³/mol. The maximum absolute atomic E-state index is 5.27. The summed E-state index contributed by atoms with van der Waals surface area (Å²) < 4.78 is 3.25. The highest BCUT2D eigenvalue weighted by Crippen LogP contribution is 2.13. The second-order valence-corrected chi connectivity index (χ2v) is 5.95. The molecule has 1 rings (SSSR count). The third-order valence-electron chi connectivity index (χ3n) is 2.57. The zero-order valence-electron chi connectivity index (χ0n) is 9.79. The zero-order valence-corrected chi connectivity index (χ0v) is 11.4. The van der Waals surface area contributed by atoms with Gasteiger partial charge >= 0.3 is 0 Å². The molecule has 0 N–H and O–H groups in total. The normalized spacial score (nSPS) is 10.8. The monoisotopic (exact) mass is 243 g/mol. The summed E-state index contributed by atoms with van der Waals surface area (Å²) in [5.74, 6) is 0. The van der Waals surface area contributed by atoms with Crippen LogP contribution in [0.3, 0.4) is 0 Å². The lowest BCUT2D eigenvalue weighted by molar-refractivity contribution is 0.557. The van der Waals surface area contributed by atoms with Crippen molar-refractivity contribution in [3.05, 3.63) is 15.0 Å². The van der Waals surface area contributed by atoms with Gasteiger partial charge in [-0.25, -0.2) is 0 Å². The van der Waals surface area contributed by atoms with Crippen molar-refractivity contribution < 1.29 is 0 Å². The van der Waals surface area contributed by atoms with Crippen molar-refractivity contribution in [1.29, 1.82) is 0 Å². The highest BCUT2D eigenvalue weighted by Gasteiger charge is 1.97. The molecule has 1 aromatic heterocycles. The van der Waals surface area contributed by atoms with Gasteiger partial charge in [-0.15, -0.1) is 11.3 Å². The molecule has 0 unspecified atom stereocenters. The number of hydrogen-bond donors (Lipinski definition) is 0. The van der Waals surface area contributed by atoms with Crippen molar-refractivity contribution in [3.8, 4) is 0 Å². The van der Waals surface area contributed by atoms with Gasteiger partial charge in [0.25, 0.3) is 0 Å². The first-order chi connectivity index (χ1) is 7.24. The van der Waals surface area contributed by atoms with Crippen LogP contribution in [-0.2, 0) is 6.54 Å². The molecular weight excluding hydrogens is 222 g/mol. The lowest BCUT2D eigenvalue weighted by Gasteiger charge is -2.02. The van der Waals surface area contributed by atoms with Crippen molar-refractivity contribution in [1.82, 2.24) is 4.57 Å². The molecule has 0 atom stereocenters. The van der Waals surface area contributed by atoms with Crippen LogP contribution in [0.25, 0.3) is 0 Å². The second-order valence-electron chi connectivity index (χ2n) is 4.07. The van der Waals surface area contributed by atoms with Crippen molar-refractivity contribution in [3.63, 3.8) is 0 Å². The minimum absolute atomic E-state index is 1.03. The molecule has 15 heavy (non-hydrogen) atoms. The number of rotatable bonds is 7. The maximum Gasteiger partial charge on any atom is 0.161 e. The number of aryl methyl sites for hydroxylation is 2. The summed E-state index contributed by atoms with van der Waals surface area (Å²) in [6, 6.07) is 0. The summed E-state index contributed by atoms with van der Waals surface area (Å²) in [6.07, 6.45) is 10.3. The predicted octanol–water partition coefficient (Wildman–Crippen LogP) is 4.95. The van der Waals surface area contributed by atoms with Gasteiger partial charge in [0.2, 0.25) is 0 Å².